The summed E-state index contributed by atoms with van der Waals surface area (Å²) in [7, 11) is 0. The number of carbonyl (C=O) groups is 7. The van der Waals surface area contributed by atoms with Crippen molar-refractivity contribution in [3.8, 4) is 0 Å². The number of carboxylic acid groups (broad SMARTS) is 2. The Labute approximate surface area is 249 Å². The highest BCUT2D eigenvalue weighted by atomic mass is 16.6. The van der Waals surface area contributed by atoms with Crippen LogP contribution >= 0.6 is 0 Å². The minimum absolute atomic E-state index is 0.0259. The lowest BCUT2D eigenvalue weighted by molar-refractivity contribution is -0.164. The maximum Gasteiger partial charge on any atom is 0.334 e. The van der Waals surface area contributed by atoms with Crippen molar-refractivity contribution >= 4 is 41.8 Å². The van der Waals surface area contributed by atoms with Gasteiger partial charge in [-0.3, -0.25) is 24.0 Å². The molecule has 0 radical (unpaired) electrons. The van der Waals surface area contributed by atoms with Crippen molar-refractivity contribution in [2.24, 2.45) is 5.41 Å². The molecule has 0 aliphatic carbocycles. The van der Waals surface area contributed by atoms with Crippen molar-refractivity contribution < 1.29 is 67.5 Å². The van der Waals surface area contributed by atoms with Crippen LogP contribution in [-0.2, 0) is 57.2 Å². The Morgan fingerprint density at radius 2 is 1.30 bits per heavy atom. The predicted molar refractivity (Wildman–Crippen MR) is 147 cm³/mol. The van der Waals surface area contributed by atoms with Crippen LogP contribution in [0.4, 0.5) is 0 Å². The van der Waals surface area contributed by atoms with Gasteiger partial charge in [-0.05, 0) is 47.0 Å². The average molecular weight is 616 g/mol. The number of rotatable bonds is 22. The molecule has 43 heavy (non-hydrogen) atoms. The first kappa shape index (κ1) is 38.7. The van der Waals surface area contributed by atoms with Crippen LogP contribution in [0.15, 0.2) is 24.3 Å². The number of hydrogen-bond acceptors (Lipinski definition) is 13. The summed E-state index contributed by atoms with van der Waals surface area (Å²) in [6, 6.07) is 0. The third-order valence-electron chi connectivity index (χ3n) is 5.32. The van der Waals surface area contributed by atoms with E-state index < -0.39 is 72.9 Å². The molecule has 0 aromatic rings. The molecule has 15 heteroatoms. The summed E-state index contributed by atoms with van der Waals surface area (Å²) in [4.78, 5) is 81.7. The van der Waals surface area contributed by atoms with Gasteiger partial charge in [-0.2, -0.15) is 0 Å². The van der Waals surface area contributed by atoms with Gasteiger partial charge in [0.1, 0.15) is 26.0 Å². The van der Waals surface area contributed by atoms with E-state index in [-0.39, 0.29) is 62.7 Å². The SMILES string of the molecule is C=C(C)C(=O)OCC(NCOC(=O)C(=C)CC(C)(C)C(=O)OCC(C)OC(=O)CCCC(=O)O)OC(=O)CCCC(=O)O. The summed E-state index contributed by atoms with van der Waals surface area (Å²) >= 11 is 0. The predicted octanol–water partition coefficient (Wildman–Crippen LogP) is 2.02. The quantitative estimate of drug-likeness (QED) is 0.0686. The summed E-state index contributed by atoms with van der Waals surface area (Å²) in [6.07, 6.45) is -2.77. The zero-order valence-corrected chi connectivity index (χ0v) is 24.9. The van der Waals surface area contributed by atoms with Crippen molar-refractivity contribution in [2.75, 3.05) is 19.9 Å². The maximum atomic E-state index is 12.6. The third kappa shape index (κ3) is 18.7. The Morgan fingerprint density at radius 3 is 1.81 bits per heavy atom. The molecule has 0 rings (SSSR count). The van der Waals surface area contributed by atoms with Crippen LogP contribution < -0.4 is 5.32 Å². The van der Waals surface area contributed by atoms with E-state index in [1.54, 1.807) is 0 Å². The van der Waals surface area contributed by atoms with Crippen LogP contribution in [0.25, 0.3) is 0 Å². The number of carboxylic acids is 2. The summed E-state index contributed by atoms with van der Waals surface area (Å²) < 4.78 is 25.5. The molecule has 0 heterocycles. The van der Waals surface area contributed by atoms with Crippen LogP contribution in [0.2, 0.25) is 0 Å². The van der Waals surface area contributed by atoms with Crippen molar-refractivity contribution in [3.05, 3.63) is 24.3 Å². The fourth-order valence-corrected chi connectivity index (χ4v) is 3.08. The van der Waals surface area contributed by atoms with E-state index in [0.29, 0.717) is 0 Å². The van der Waals surface area contributed by atoms with Gasteiger partial charge in [0.15, 0.2) is 6.23 Å². The molecule has 2 atom stereocenters. The van der Waals surface area contributed by atoms with Crippen molar-refractivity contribution in [3.63, 3.8) is 0 Å². The lowest BCUT2D eigenvalue weighted by Crippen LogP contribution is -2.40. The fraction of sp³-hybridized carbons (Fsp3) is 0.607. The van der Waals surface area contributed by atoms with Gasteiger partial charge in [0.2, 0.25) is 0 Å². The Bertz CT molecular complexity index is 1050. The number of carbonyl (C=O) groups excluding carboxylic acids is 5. The zero-order valence-electron chi connectivity index (χ0n) is 24.9. The van der Waals surface area contributed by atoms with Gasteiger partial charge in [-0.1, -0.05) is 13.2 Å². The minimum Gasteiger partial charge on any atom is -0.481 e. The van der Waals surface area contributed by atoms with Gasteiger partial charge >= 0.3 is 41.8 Å². The van der Waals surface area contributed by atoms with Gasteiger partial charge in [0.25, 0.3) is 0 Å². The second kappa shape index (κ2) is 19.8. The van der Waals surface area contributed by atoms with Crippen molar-refractivity contribution in [1.29, 1.82) is 0 Å². The molecule has 3 N–H and O–H groups in total. The average Bonchev–Trinajstić information content (AvgIpc) is 2.88. The first-order chi connectivity index (χ1) is 19.9. The molecule has 242 valence electrons. The van der Waals surface area contributed by atoms with Crippen LogP contribution in [-0.4, -0.2) is 84.3 Å². The Hall–Kier alpha value is -4.27. The van der Waals surface area contributed by atoms with E-state index in [9.17, 15) is 33.6 Å². The Kier molecular flexibility index (Phi) is 17.8. The smallest absolute Gasteiger partial charge is 0.334 e. The topological polar surface area (TPSA) is 218 Å². The van der Waals surface area contributed by atoms with Crippen LogP contribution in [0.5, 0.6) is 0 Å². The summed E-state index contributed by atoms with van der Waals surface area (Å²) in [5, 5.41) is 19.9. The second-order valence-electron chi connectivity index (χ2n) is 10.2. The van der Waals surface area contributed by atoms with Gasteiger partial charge in [0, 0.05) is 36.8 Å². The van der Waals surface area contributed by atoms with E-state index >= 15 is 0 Å². The molecular weight excluding hydrogens is 574 g/mol. The second-order valence-corrected chi connectivity index (χ2v) is 10.2. The molecule has 0 aliphatic heterocycles. The number of esters is 5. The largest absolute Gasteiger partial charge is 0.481 e. The molecule has 0 fully saturated rings. The lowest BCUT2D eigenvalue weighted by Gasteiger charge is -2.24. The number of nitrogens with one attached hydrogen (secondary N) is 1. The molecule has 0 bridgehead atoms. The summed E-state index contributed by atoms with van der Waals surface area (Å²) in [5.41, 5.74) is -1.21. The molecule has 0 aromatic carbocycles. The Morgan fingerprint density at radius 1 is 0.767 bits per heavy atom. The summed E-state index contributed by atoms with van der Waals surface area (Å²) in [5.74, 6) is -5.86. The lowest BCUT2D eigenvalue weighted by atomic mass is 9.86. The first-order valence-corrected chi connectivity index (χ1v) is 13.3. The van der Waals surface area contributed by atoms with Crippen LogP contribution in [0.1, 0.15) is 72.6 Å². The standard InChI is InChI=1S/C28H41NO14/c1-17(2)25(36)39-15-20(43-24(35)12-8-10-22(32)33)29-16-41-26(37)18(3)13-28(5,6)27(38)40-14-19(4)42-23(34)11-7-9-21(30)31/h19-20,29H,1,3,7-16H2,2,4-6H3,(H,30,31)(H,32,33). The van der Waals surface area contributed by atoms with E-state index in [4.69, 9.17) is 33.9 Å². The highest BCUT2D eigenvalue weighted by molar-refractivity contribution is 5.89. The van der Waals surface area contributed by atoms with Gasteiger partial charge in [-0.25, -0.2) is 14.9 Å². The highest BCUT2D eigenvalue weighted by Gasteiger charge is 2.33. The monoisotopic (exact) mass is 615 g/mol. The zero-order chi connectivity index (χ0) is 33.2. The minimum atomic E-state index is -1.23. The summed E-state index contributed by atoms with van der Waals surface area (Å²) in [6.45, 7) is 11.8. The molecule has 0 amide bonds. The van der Waals surface area contributed by atoms with Gasteiger partial charge in [0.05, 0.1) is 5.41 Å². The van der Waals surface area contributed by atoms with Crippen LogP contribution in [0.3, 0.4) is 0 Å². The highest BCUT2D eigenvalue weighted by Crippen LogP contribution is 2.27. The number of aliphatic carboxylic acids is 2. The molecule has 0 saturated heterocycles. The number of ether oxygens (including phenoxy) is 5. The van der Waals surface area contributed by atoms with E-state index in [2.05, 4.69) is 18.5 Å². The molecule has 2 unspecified atom stereocenters. The van der Waals surface area contributed by atoms with E-state index in [0.717, 1.165) is 0 Å². The maximum absolute atomic E-state index is 12.6. The van der Waals surface area contributed by atoms with Crippen molar-refractivity contribution in [2.45, 2.75) is 85.0 Å². The number of hydrogen-bond donors (Lipinski definition) is 3. The molecule has 0 saturated carbocycles. The molecule has 0 aliphatic rings. The van der Waals surface area contributed by atoms with Gasteiger partial charge < -0.3 is 33.9 Å². The molecular formula is C28H41NO14. The first-order valence-electron chi connectivity index (χ1n) is 13.3. The third-order valence-corrected chi connectivity index (χ3v) is 5.32. The van der Waals surface area contributed by atoms with Crippen LogP contribution in [0, 0.1) is 5.41 Å². The molecule has 0 spiro atoms. The normalized spacial score (nSPS) is 12.2. The Balaban J connectivity index is 4.79. The fourth-order valence-electron chi connectivity index (χ4n) is 3.08. The van der Waals surface area contributed by atoms with E-state index in [1.165, 1.54) is 27.7 Å². The van der Waals surface area contributed by atoms with Crippen molar-refractivity contribution in [1.82, 2.24) is 5.32 Å². The van der Waals surface area contributed by atoms with E-state index in [1.807, 2.05) is 0 Å². The molecule has 15 nitrogen and oxygen atoms in total. The molecule has 0 aromatic heterocycles. The van der Waals surface area contributed by atoms with Gasteiger partial charge in [-0.15, -0.1) is 0 Å².